The third kappa shape index (κ3) is 5.83. The Labute approximate surface area is 192 Å². The Kier molecular flexibility index (Phi) is 7.56. The maximum absolute atomic E-state index is 13.2. The second-order valence-electron chi connectivity index (χ2n) is 8.53. The molecule has 166 valence electrons. The van der Waals surface area contributed by atoms with E-state index in [2.05, 4.69) is 15.5 Å². The first-order chi connectivity index (χ1) is 15.1. The van der Waals surface area contributed by atoms with Crippen LogP contribution in [-0.4, -0.2) is 39.5 Å². The summed E-state index contributed by atoms with van der Waals surface area (Å²) in [5.41, 5.74) is 0.871. The average molecular weight is 461 g/mol. The molecule has 2 amide bonds. The number of aromatic nitrogens is 2. The predicted octanol–water partition coefficient (Wildman–Crippen LogP) is 5.54. The van der Waals surface area contributed by atoms with E-state index in [4.69, 9.17) is 11.6 Å². The molecule has 0 spiro atoms. The van der Waals surface area contributed by atoms with Crippen LogP contribution in [0.3, 0.4) is 0 Å². The van der Waals surface area contributed by atoms with E-state index in [9.17, 15) is 9.59 Å². The van der Waals surface area contributed by atoms with Gasteiger partial charge in [-0.1, -0.05) is 67.2 Å². The van der Waals surface area contributed by atoms with E-state index in [0.717, 1.165) is 44.1 Å². The first-order valence-electron chi connectivity index (χ1n) is 11.3. The topological polar surface area (TPSA) is 75.2 Å². The number of carbonyl (C=O) groups is 2. The van der Waals surface area contributed by atoms with Crippen LogP contribution in [-0.2, 0) is 9.59 Å². The van der Waals surface area contributed by atoms with Crippen molar-refractivity contribution >= 4 is 39.9 Å². The monoisotopic (exact) mass is 460 g/mol. The molecule has 2 fully saturated rings. The molecule has 4 rings (SSSR count). The summed E-state index contributed by atoms with van der Waals surface area (Å²) in [6, 6.07) is 7.68. The molecule has 2 aliphatic rings. The Morgan fingerprint density at radius 3 is 2.55 bits per heavy atom. The lowest BCUT2D eigenvalue weighted by molar-refractivity contribution is -0.138. The highest BCUT2D eigenvalue weighted by atomic mass is 35.5. The third-order valence-corrected chi connectivity index (χ3v) is 7.45. The van der Waals surface area contributed by atoms with Gasteiger partial charge in [-0.3, -0.25) is 9.59 Å². The SMILES string of the molecule is O=C(CCN(C(=O)C1CCCC1)C1CCCCC1)Nc1nnc(-c2cccc(Cl)c2)s1. The molecule has 0 saturated heterocycles. The first kappa shape index (κ1) is 22.2. The zero-order valence-corrected chi connectivity index (χ0v) is 19.3. The molecule has 0 aliphatic heterocycles. The second-order valence-corrected chi connectivity index (χ2v) is 9.94. The third-order valence-electron chi connectivity index (χ3n) is 6.33. The molecule has 2 saturated carbocycles. The van der Waals surface area contributed by atoms with Crippen LogP contribution in [0.5, 0.6) is 0 Å². The number of nitrogens with zero attached hydrogens (tertiary/aromatic N) is 3. The van der Waals surface area contributed by atoms with E-state index in [0.29, 0.717) is 21.7 Å². The van der Waals surface area contributed by atoms with Crippen LogP contribution in [0.1, 0.15) is 64.2 Å². The fraction of sp³-hybridized carbons (Fsp3) is 0.565. The molecule has 1 heterocycles. The highest BCUT2D eigenvalue weighted by molar-refractivity contribution is 7.18. The molecule has 1 N–H and O–H groups in total. The van der Waals surface area contributed by atoms with E-state index in [1.54, 1.807) is 6.07 Å². The van der Waals surface area contributed by atoms with Crippen LogP contribution >= 0.6 is 22.9 Å². The summed E-state index contributed by atoms with van der Waals surface area (Å²) in [6.07, 6.45) is 10.2. The van der Waals surface area contributed by atoms with Crippen molar-refractivity contribution in [3.05, 3.63) is 29.3 Å². The van der Waals surface area contributed by atoms with Gasteiger partial charge in [0.25, 0.3) is 0 Å². The van der Waals surface area contributed by atoms with Gasteiger partial charge in [0.1, 0.15) is 5.01 Å². The molecular weight excluding hydrogens is 432 g/mol. The number of halogens is 1. The van der Waals surface area contributed by atoms with E-state index in [1.807, 2.05) is 23.1 Å². The molecule has 1 aromatic carbocycles. The number of carbonyl (C=O) groups excluding carboxylic acids is 2. The molecule has 0 bridgehead atoms. The number of nitrogens with one attached hydrogen (secondary N) is 1. The maximum atomic E-state index is 13.2. The molecule has 0 atom stereocenters. The first-order valence-corrected chi connectivity index (χ1v) is 12.5. The molecule has 2 aromatic rings. The number of anilines is 1. The van der Waals surface area contributed by atoms with Crippen molar-refractivity contribution in [2.75, 3.05) is 11.9 Å². The van der Waals surface area contributed by atoms with Gasteiger partial charge in [0.05, 0.1) is 0 Å². The van der Waals surface area contributed by atoms with E-state index in [-0.39, 0.29) is 30.2 Å². The van der Waals surface area contributed by atoms with Crippen molar-refractivity contribution < 1.29 is 9.59 Å². The van der Waals surface area contributed by atoms with Crippen molar-refractivity contribution in [1.29, 1.82) is 0 Å². The van der Waals surface area contributed by atoms with Gasteiger partial charge in [-0.15, -0.1) is 10.2 Å². The quantitative estimate of drug-likeness (QED) is 0.588. The predicted molar refractivity (Wildman–Crippen MR) is 124 cm³/mol. The van der Waals surface area contributed by atoms with Gasteiger partial charge >= 0.3 is 0 Å². The summed E-state index contributed by atoms with van der Waals surface area (Å²) in [7, 11) is 0. The van der Waals surface area contributed by atoms with Crippen molar-refractivity contribution in [1.82, 2.24) is 15.1 Å². The average Bonchev–Trinajstić information content (AvgIpc) is 3.47. The summed E-state index contributed by atoms with van der Waals surface area (Å²) in [6.45, 7) is 0.478. The van der Waals surface area contributed by atoms with Crippen molar-refractivity contribution in [3.8, 4) is 10.6 Å². The summed E-state index contributed by atoms with van der Waals surface area (Å²) in [4.78, 5) is 27.8. The Bertz CT molecular complexity index is 906. The lowest BCUT2D eigenvalue weighted by atomic mass is 9.92. The van der Waals surface area contributed by atoms with Crippen molar-refractivity contribution in [2.45, 2.75) is 70.3 Å². The van der Waals surface area contributed by atoms with Gasteiger partial charge in [0, 0.05) is 35.5 Å². The van der Waals surface area contributed by atoms with Gasteiger partial charge in [-0.25, -0.2) is 0 Å². The minimum absolute atomic E-state index is 0.131. The van der Waals surface area contributed by atoms with Gasteiger partial charge in [0.15, 0.2) is 0 Å². The number of amides is 2. The van der Waals surface area contributed by atoms with Crippen LogP contribution in [0.4, 0.5) is 5.13 Å². The Hall–Kier alpha value is -1.99. The van der Waals surface area contributed by atoms with Crippen molar-refractivity contribution in [2.24, 2.45) is 5.92 Å². The van der Waals surface area contributed by atoms with Crippen molar-refractivity contribution in [3.63, 3.8) is 0 Å². The lowest BCUT2D eigenvalue weighted by Gasteiger charge is -2.36. The van der Waals surface area contributed by atoms with Crippen LogP contribution in [0, 0.1) is 5.92 Å². The Balaban J connectivity index is 1.35. The number of rotatable bonds is 7. The number of hydrogen-bond acceptors (Lipinski definition) is 5. The molecular formula is C23H29ClN4O2S. The van der Waals surface area contributed by atoms with Gasteiger partial charge in [-0.2, -0.15) is 0 Å². The number of hydrogen-bond donors (Lipinski definition) is 1. The van der Waals surface area contributed by atoms with Crippen LogP contribution in [0.2, 0.25) is 5.02 Å². The van der Waals surface area contributed by atoms with Gasteiger partial charge in [0.2, 0.25) is 16.9 Å². The maximum Gasteiger partial charge on any atom is 0.227 e. The summed E-state index contributed by atoms with van der Waals surface area (Å²) in [5, 5.41) is 12.9. The normalized spacial score (nSPS) is 17.6. The molecule has 31 heavy (non-hydrogen) atoms. The summed E-state index contributed by atoms with van der Waals surface area (Å²) in [5.74, 6) is 0.276. The summed E-state index contributed by atoms with van der Waals surface area (Å²) >= 11 is 7.37. The lowest BCUT2D eigenvalue weighted by Crippen LogP contribution is -2.45. The highest BCUT2D eigenvalue weighted by Gasteiger charge is 2.32. The smallest absolute Gasteiger partial charge is 0.227 e. The Morgan fingerprint density at radius 1 is 1.06 bits per heavy atom. The van der Waals surface area contributed by atoms with E-state index < -0.39 is 0 Å². The minimum Gasteiger partial charge on any atom is -0.339 e. The molecule has 2 aliphatic carbocycles. The van der Waals surface area contributed by atoms with Crippen LogP contribution in [0.25, 0.3) is 10.6 Å². The largest absolute Gasteiger partial charge is 0.339 e. The van der Waals surface area contributed by atoms with Gasteiger partial charge in [-0.05, 0) is 37.8 Å². The fourth-order valence-corrected chi connectivity index (χ4v) is 5.63. The second kappa shape index (κ2) is 10.6. The molecule has 8 heteroatoms. The van der Waals surface area contributed by atoms with E-state index in [1.165, 1.54) is 30.6 Å². The standard InChI is InChI=1S/C23H29ClN4O2S/c24-18-10-6-9-17(15-18)21-26-27-23(31-21)25-20(29)13-14-28(19-11-2-1-3-12-19)22(30)16-7-4-5-8-16/h6,9-10,15-16,19H,1-5,7-8,11-14H2,(H,25,27,29). The van der Waals surface area contributed by atoms with Crippen LogP contribution in [0.15, 0.2) is 24.3 Å². The Morgan fingerprint density at radius 2 is 1.81 bits per heavy atom. The number of benzene rings is 1. The highest BCUT2D eigenvalue weighted by Crippen LogP contribution is 2.31. The van der Waals surface area contributed by atoms with E-state index >= 15 is 0 Å². The van der Waals surface area contributed by atoms with Gasteiger partial charge < -0.3 is 10.2 Å². The van der Waals surface area contributed by atoms with Crippen LogP contribution < -0.4 is 5.32 Å². The zero-order valence-electron chi connectivity index (χ0n) is 17.7. The fourth-order valence-electron chi connectivity index (χ4n) is 4.69. The minimum atomic E-state index is -0.131. The molecule has 0 radical (unpaired) electrons. The zero-order chi connectivity index (χ0) is 21.6. The summed E-state index contributed by atoms with van der Waals surface area (Å²) < 4.78 is 0. The molecule has 1 aromatic heterocycles. The molecule has 6 nitrogen and oxygen atoms in total. The molecule has 0 unspecified atom stereocenters.